The Balaban J connectivity index is 2.21. The molecule has 0 aliphatic carbocycles. The van der Waals surface area contributed by atoms with Crippen LogP contribution in [0.5, 0.6) is 0 Å². The van der Waals surface area contributed by atoms with Crippen molar-refractivity contribution in [2.45, 2.75) is 19.1 Å². The number of benzene rings is 2. The summed E-state index contributed by atoms with van der Waals surface area (Å²) in [5.41, 5.74) is -1.85. The zero-order valence-electron chi connectivity index (χ0n) is 14.8. The molecule has 0 bridgehead atoms. The van der Waals surface area contributed by atoms with Gasteiger partial charge < -0.3 is 5.11 Å². The van der Waals surface area contributed by atoms with Crippen LogP contribution in [0.15, 0.2) is 59.9 Å². The van der Waals surface area contributed by atoms with Crippen LogP contribution in [-0.2, 0) is 15.8 Å². The standard InChI is InChI=1S/C19H13F3N2O5/c1-10(25)15-16(11-4-2-7-14(8-11)24(28)29)23(18(27)17(15)26)13-6-3-5-12(9-13)19(20,21)22/h2-9,16,26H,1H3/t16-/m0/s1. The number of ketones is 1. The molecule has 1 heterocycles. The molecule has 1 aliphatic heterocycles. The van der Waals surface area contributed by atoms with Gasteiger partial charge in [-0.25, -0.2) is 0 Å². The number of hydrogen-bond donors (Lipinski definition) is 1. The highest BCUT2D eigenvalue weighted by Gasteiger charge is 2.44. The van der Waals surface area contributed by atoms with Crippen molar-refractivity contribution >= 4 is 23.1 Å². The second-order valence-corrected chi connectivity index (χ2v) is 6.30. The van der Waals surface area contributed by atoms with Gasteiger partial charge in [0, 0.05) is 17.8 Å². The Morgan fingerprint density at radius 3 is 2.41 bits per heavy atom. The fourth-order valence-electron chi connectivity index (χ4n) is 3.19. The number of aliphatic hydroxyl groups is 1. The molecule has 1 amide bonds. The van der Waals surface area contributed by atoms with E-state index in [0.717, 1.165) is 30.0 Å². The van der Waals surface area contributed by atoms with Crippen LogP contribution in [0.4, 0.5) is 24.5 Å². The summed E-state index contributed by atoms with van der Waals surface area (Å²) >= 11 is 0. The number of nitro groups is 1. The van der Waals surface area contributed by atoms with E-state index in [4.69, 9.17) is 0 Å². The molecule has 0 spiro atoms. The molecule has 1 aliphatic rings. The Labute approximate surface area is 161 Å². The van der Waals surface area contributed by atoms with E-state index in [2.05, 4.69) is 0 Å². The molecule has 150 valence electrons. The van der Waals surface area contributed by atoms with E-state index in [1.807, 2.05) is 0 Å². The van der Waals surface area contributed by atoms with Crippen molar-refractivity contribution in [2.75, 3.05) is 4.90 Å². The fourth-order valence-corrected chi connectivity index (χ4v) is 3.19. The first kappa shape index (κ1) is 20.1. The molecule has 3 rings (SSSR count). The van der Waals surface area contributed by atoms with Gasteiger partial charge in [-0.2, -0.15) is 13.2 Å². The lowest BCUT2D eigenvalue weighted by Crippen LogP contribution is -2.31. The lowest BCUT2D eigenvalue weighted by atomic mass is 9.96. The largest absolute Gasteiger partial charge is 0.503 e. The summed E-state index contributed by atoms with van der Waals surface area (Å²) in [6.07, 6.45) is -4.68. The number of anilines is 1. The minimum Gasteiger partial charge on any atom is -0.503 e. The average molecular weight is 406 g/mol. The molecule has 2 aromatic rings. The zero-order valence-corrected chi connectivity index (χ0v) is 14.8. The third-order valence-corrected chi connectivity index (χ3v) is 4.44. The summed E-state index contributed by atoms with van der Waals surface area (Å²) in [6, 6.07) is 7.48. The molecular formula is C19H13F3N2O5. The van der Waals surface area contributed by atoms with Crippen molar-refractivity contribution in [1.29, 1.82) is 0 Å². The van der Waals surface area contributed by atoms with Crippen molar-refractivity contribution in [3.63, 3.8) is 0 Å². The number of carbonyl (C=O) groups is 2. The van der Waals surface area contributed by atoms with Crippen molar-refractivity contribution in [3.05, 3.63) is 81.1 Å². The van der Waals surface area contributed by atoms with Crippen molar-refractivity contribution in [3.8, 4) is 0 Å². The smallest absolute Gasteiger partial charge is 0.416 e. The monoisotopic (exact) mass is 406 g/mol. The number of non-ortho nitro benzene ring substituents is 1. The number of nitro benzene ring substituents is 1. The topological polar surface area (TPSA) is 101 Å². The van der Waals surface area contributed by atoms with Gasteiger partial charge in [0.1, 0.15) is 0 Å². The third kappa shape index (κ3) is 3.56. The molecule has 7 nitrogen and oxygen atoms in total. The molecule has 0 radical (unpaired) electrons. The maximum Gasteiger partial charge on any atom is 0.416 e. The summed E-state index contributed by atoms with van der Waals surface area (Å²) in [5.74, 6) is -2.68. The van der Waals surface area contributed by atoms with E-state index < -0.39 is 40.2 Å². The van der Waals surface area contributed by atoms with Gasteiger partial charge >= 0.3 is 6.18 Å². The third-order valence-electron chi connectivity index (χ3n) is 4.44. The lowest BCUT2D eigenvalue weighted by molar-refractivity contribution is -0.384. The first-order chi connectivity index (χ1) is 13.5. The van der Waals surface area contributed by atoms with Crippen LogP contribution < -0.4 is 4.90 Å². The molecule has 10 heteroatoms. The van der Waals surface area contributed by atoms with E-state index in [0.29, 0.717) is 6.07 Å². The van der Waals surface area contributed by atoms with Gasteiger partial charge in [-0.15, -0.1) is 0 Å². The molecule has 0 unspecified atom stereocenters. The van der Waals surface area contributed by atoms with Gasteiger partial charge in [-0.3, -0.25) is 24.6 Å². The van der Waals surface area contributed by atoms with E-state index in [9.17, 15) is 38.0 Å². The minimum atomic E-state index is -4.68. The molecule has 0 saturated carbocycles. The number of hydrogen-bond acceptors (Lipinski definition) is 5. The van der Waals surface area contributed by atoms with Crippen molar-refractivity contribution < 1.29 is 32.8 Å². The maximum atomic E-state index is 13.1. The number of aliphatic hydroxyl groups excluding tert-OH is 1. The summed E-state index contributed by atoms with van der Waals surface area (Å²) in [6.45, 7) is 1.08. The second kappa shape index (κ2) is 7.04. The van der Waals surface area contributed by atoms with Crippen LogP contribution in [0.1, 0.15) is 24.1 Å². The van der Waals surface area contributed by atoms with E-state index in [1.54, 1.807) is 0 Å². The van der Waals surface area contributed by atoms with Gasteiger partial charge in [0.25, 0.3) is 11.6 Å². The van der Waals surface area contributed by atoms with E-state index in [-0.39, 0.29) is 22.5 Å². The van der Waals surface area contributed by atoms with Crippen LogP contribution in [0, 0.1) is 10.1 Å². The van der Waals surface area contributed by atoms with Crippen LogP contribution in [0.25, 0.3) is 0 Å². The van der Waals surface area contributed by atoms with Gasteiger partial charge in [0.05, 0.1) is 22.1 Å². The molecule has 1 atom stereocenters. The molecule has 29 heavy (non-hydrogen) atoms. The molecule has 2 aromatic carbocycles. The lowest BCUT2D eigenvalue weighted by Gasteiger charge is -2.27. The van der Waals surface area contributed by atoms with Crippen molar-refractivity contribution in [2.24, 2.45) is 0 Å². The Bertz CT molecular complexity index is 1060. The highest BCUT2D eigenvalue weighted by atomic mass is 19.4. The van der Waals surface area contributed by atoms with Gasteiger partial charge in [0.2, 0.25) is 0 Å². The molecular weight excluding hydrogens is 393 g/mol. The zero-order chi connectivity index (χ0) is 21.5. The number of halogens is 3. The SMILES string of the molecule is CC(=O)C1=C(O)C(=O)N(c2cccc(C(F)(F)F)c2)[C@H]1c1cccc([N+](=O)[O-])c1. The first-order valence-electron chi connectivity index (χ1n) is 8.21. The number of nitrogens with zero attached hydrogens (tertiary/aromatic N) is 2. The van der Waals surface area contributed by atoms with Gasteiger partial charge in [0.15, 0.2) is 11.5 Å². The van der Waals surface area contributed by atoms with Crippen LogP contribution >= 0.6 is 0 Å². The van der Waals surface area contributed by atoms with Crippen LogP contribution in [0.2, 0.25) is 0 Å². The van der Waals surface area contributed by atoms with Gasteiger partial charge in [-0.05, 0) is 30.7 Å². The fraction of sp³-hybridized carbons (Fsp3) is 0.158. The summed E-state index contributed by atoms with van der Waals surface area (Å²) < 4.78 is 39.3. The van der Waals surface area contributed by atoms with Crippen LogP contribution in [0.3, 0.4) is 0 Å². The highest BCUT2D eigenvalue weighted by Crippen LogP contribution is 2.42. The number of Topliss-reactive ketones (excluding diaryl/α,β-unsaturated/α-hetero) is 1. The predicted molar refractivity (Wildman–Crippen MR) is 95.1 cm³/mol. The highest BCUT2D eigenvalue weighted by molar-refractivity contribution is 6.16. The normalized spacial score (nSPS) is 17.0. The number of alkyl halides is 3. The van der Waals surface area contributed by atoms with E-state index >= 15 is 0 Å². The van der Waals surface area contributed by atoms with Crippen LogP contribution in [-0.4, -0.2) is 21.7 Å². The number of carbonyl (C=O) groups excluding carboxylic acids is 2. The molecule has 0 fully saturated rings. The summed E-state index contributed by atoms with van der Waals surface area (Å²) in [7, 11) is 0. The van der Waals surface area contributed by atoms with E-state index in [1.165, 1.54) is 24.3 Å². The molecule has 0 aromatic heterocycles. The number of rotatable bonds is 4. The summed E-state index contributed by atoms with van der Waals surface area (Å²) in [5, 5.41) is 21.3. The molecule has 0 saturated heterocycles. The first-order valence-corrected chi connectivity index (χ1v) is 8.21. The number of amides is 1. The Kier molecular flexibility index (Phi) is 4.87. The summed E-state index contributed by atoms with van der Waals surface area (Å²) in [4.78, 5) is 36.0. The molecule has 1 N–H and O–H groups in total. The van der Waals surface area contributed by atoms with Gasteiger partial charge in [-0.1, -0.05) is 18.2 Å². The quantitative estimate of drug-likeness (QED) is 0.609. The Morgan fingerprint density at radius 2 is 1.83 bits per heavy atom. The maximum absolute atomic E-state index is 13.1. The Morgan fingerprint density at radius 1 is 1.17 bits per heavy atom. The second-order valence-electron chi connectivity index (χ2n) is 6.30. The van der Waals surface area contributed by atoms with Crippen molar-refractivity contribution in [1.82, 2.24) is 0 Å². The Hall–Kier alpha value is -3.69. The predicted octanol–water partition coefficient (Wildman–Crippen LogP) is 4.10. The average Bonchev–Trinajstić information content (AvgIpc) is 2.92. The minimum absolute atomic E-state index is 0.0965.